The minimum absolute atomic E-state index is 0.258. The van der Waals surface area contributed by atoms with Crippen LogP contribution in [0.1, 0.15) is 23.2 Å². The van der Waals surface area contributed by atoms with E-state index < -0.39 is 21.6 Å². The maximum absolute atomic E-state index is 11.2. The van der Waals surface area contributed by atoms with E-state index in [1.807, 2.05) is 0 Å². The summed E-state index contributed by atoms with van der Waals surface area (Å²) in [5.41, 5.74) is 0.392. The zero-order valence-electron chi connectivity index (χ0n) is 8.26. The number of hydrogen-bond acceptors (Lipinski definition) is 5. The molecular formula is C8H10N2O4S. The molecule has 0 aromatic carbocycles. The Hall–Kier alpha value is -1.50. The molecule has 0 unspecified atom stereocenters. The monoisotopic (exact) mass is 230 g/mol. The molecule has 0 spiro atoms. The molecule has 1 heterocycles. The molecule has 0 fully saturated rings. The Balaban J connectivity index is 3.43. The SMILES string of the molecule is CCc1cc(S(C)(=O)=O)nc(C(=O)O)n1. The lowest BCUT2D eigenvalue weighted by atomic mass is 10.3. The summed E-state index contributed by atoms with van der Waals surface area (Å²) in [6.07, 6.45) is 1.42. The molecule has 6 nitrogen and oxygen atoms in total. The summed E-state index contributed by atoms with van der Waals surface area (Å²) in [6, 6.07) is 1.28. The number of aromatic carboxylic acids is 1. The average molecular weight is 230 g/mol. The molecule has 15 heavy (non-hydrogen) atoms. The lowest BCUT2D eigenvalue weighted by Gasteiger charge is -2.02. The Bertz CT molecular complexity index is 495. The van der Waals surface area contributed by atoms with E-state index in [4.69, 9.17) is 5.11 Å². The minimum atomic E-state index is -3.51. The van der Waals surface area contributed by atoms with Gasteiger partial charge < -0.3 is 5.11 Å². The van der Waals surface area contributed by atoms with Crippen LogP contribution in [0.3, 0.4) is 0 Å². The van der Waals surface area contributed by atoms with Crippen molar-refractivity contribution in [3.63, 3.8) is 0 Å². The van der Waals surface area contributed by atoms with E-state index in [1.54, 1.807) is 6.92 Å². The van der Waals surface area contributed by atoms with Crippen LogP contribution in [0.15, 0.2) is 11.1 Å². The van der Waals surface area contributed by atoms with E-state index >= 15 is 0 Å². The van der Waals surface area contributed by atoms with Gasteiger partial charge in [0.25, 0.3) is 0 Å². The van der Waals surface area contributed by atoms with Gasteiger partial charge in [0.2, 0.25) is 5.82 Å². The molecule has 7 heteroatoms. The number of carboxylic acid groups (broad SMARTS) is 1. The summed E-state index contributed by atoms with van der Waals surface area (Å²) < 4.78 is 22.4. The van der Waals surface area contributed by atoms with E-state index in [0.29, 0.717) is 12.1 Å². The first-order valence-electron chi connectivity index (χ1n) is 4.16. The Morgan fingerprint density at radius 1 is 1.47 bits per heavy atom. The third-order valence-electron chi connectivity index (χ3n) is 1.69. The molecule has 1 aromatic heterocycles. The average Bonchev–Trinajstić information content (AvgIpc) is 2.15. The zero-order valence-corrected chi connectivity index (χ0v) is 9.08. The van der Waals surface area contributed by atoms with Crippen molar-refractivity contribution >= 4 is 15.8 Å². The maximum Gasteiger partial charge on any atom is 0.373 e. The van der Waals surface area contributed by atoms with Crippen molar-refractivity contribution in [1.29, 1.82) is 0 Å². The van der Waals surface area contributed by atoms with Gasteiger partial charge in [0, 0.05) is 11.9 Å². The molecule has 0 aliphatic heterocycles. The maximum atomic E-state index is 11.2. The Morgan fingerprint density at radius 3 is 2.47 bits per heavy atom. The van der Waals surface area contributed by atoms with Crippen LogP contribution < -0.4 is 0 Å². The first kappa shape index (κ1) is 11.6. The Kier molecular flexibility index (Phi) is 3.04. The van der Waals surface area contributed by atoms with Gasteiger partial charge in [-0.1, -0.05) is 6.92 Å². The fraction of sp³-hybridized carbons (Fsp3) is 0.375. The van der Waals surface area contributed by atoms with Gasteiger partial charge in [-0.3, -0.25) is 0 Å². The number of nitrogens with zero attached hydrogens (tertiary/aromatic N) is 2. The van der Waals surface area contributed by atoms with Gasteiger partial charge in [-0.05, 0) is 12.5 Å². The van der Waals surface area contributed by atoms with Crippen LogP contribution in [0.4, 0.5) is 0 Å². The predicted molar refractivity (Wildman–Crippen MR) is 51.5 cm³/mol. The fourth-order valence-electron chi connectivity index (χ4n) is 0.939. The number of hydrogen-bond donors (Lipinski definition) is 1. The molecule has 1 N–H and O–H groups in total. The highest BCUT2D eigenvalue weighted by Crippen LogP contribution is 2.08. The van der Waals surface area contributed by atoms with Crippen molar-refractivity contribution in [3.05, 3.63) is 17.6 Å². The van der Waals surface area contributed by atoms with Crippen LogP contribution in [-0.2, 0) is 16.3 Å². The third-order valence-corrected chi connectivity index (χ3v) is 2.66. The van der Waals surface area contributed by atoms with Crippen molar-refractivity contribution in [2.45, 2.75) is 18.4 Å². The minimum Gasteiger partial charge on any atom is -0.475 e. The largest absolute Gasteiger partial charge is 0.475 e. The molecule has 1 rings (SSSR count). The van der Waals surface area contributed by atoms with Crippen LogP contribution >= 0.6 is 0 Å². The van der Waals surface area contributed by atoms with Gasteiger partial charge in [-0.2, -0.15) is 0 Å². The second-order valence-electron chi connectivity index (χ2n) is 2.95. The highest BCUT2D eigenvalue weighted by molar-refractivity contribution is 7.90. The molecular weight excluding hydrogens is 220 g/mol. The summed E-state index contributed by atoms with van der Waals surface area (Å²) >= 11 is 0. The molecule has 0 aliphatic carbocycles. The molecule has 0 saturated heterocycles. The number of carboxylic acids is 1. The number of carbonyl (C=O) groups is 1. The number of aromatic nitrogens is 2. The number of sulfone groups is 1. The molecule has 1 aromatic rings. The smallest absolute Gasteiger partial charge is 0.373 e. The van der Waals surface area contributed by atoms with E-state index in [2.05, 4.69) is 9.97 Å². The van der Waals surface area contributed by atoms with Gasteiger partial charge in [0.05, 0.1) is 0 Å². The van der Waals surface area contributed by atoms with Crippen LogP contribution in [0.5, 0.6) is 0 Å². The molecule has 0 saturated carbocycles. The third kappa shape index (κ3) is 2.72. The van der Waals surface area contributed by atoms with Crippen LogP contribution in [0, 0.1) is 0 Å². The summed E-state index contributed by atoms with van der Waals surface area (Å²) in [6.45, 7) is 1.75. The van der Waals surface area contributed by atoms with Crippen molar-refractivity contribution in [1.82, 2.24) is 9.97 Å². The lowest BCUT2D eigenvalue weighted by Crippen LogP contribution is -2.11. The van der Waals surface area contributed by atoms with E-state index in [0.717, 1.165) is 6.26 Å². The summed E-state index contributed by atoms with van der Waals surface area (Å²) in [7, 11) is -3.51. The Morgan fingerprint density at radius 2 is 2.07 bits per heavy atom. The quantitative estimate of drug-likeness (QED) is 0.742. The zero-order chi connectivity index (χ0) is 11.6. The van der Waals surface area contributed by atoms with Crippen LogP contribution in [-0.4, -0.2) is 35.7 Å². The topological polar surface area (TPSA) is 97.2 Å². The molecule has 0 bridgehead atoms. The van der Waals surface area contributed by atoms with Crippen molar-refractivity contribution in [2.75, 3.05) is 6.26 Å². The van der Waals surface area contributed by atoms with E-state index in [-0.39, 0.29) is 5.03 Å². The number of rotatable bonds is 3. The summed E-state index contributed by atoms with van der Waals surface area (Å²) in [5.74, 6) is -1.83. The summed E-state index contributed by atoms with van der Waals surface area (Å²) in [4.78, 5) is 17.8. The number of aryl methyl sites for hydroxylation is 1. The van der Waals surface area contributed by atoms with E-state index in [9.17, 15) is 13.2 Å². The first-order valence-corrected chi connectivity index (χ1v) is 6.05. The standard InChI is InChI=1S/C8H10N2O4S/c1-3-5-4-6(15(2,13)14)10-7(9-5)8(11)12/h4H,3H2,1-2H3,(H,11,12). The van der Waals surface area contributed by atoms with E-state index in [1.165, 1.54) is 6.07 Å². The lowest BCUT2D eigenvalue weighted by molar-refractivity contribution is 0.0682. The normalized spacial score (nSPS) is 11.3. The van der Waals surface area contributed by atoms with Gasteiger partial charge in [-0.25, -0.2) is 23.2 Å². The van der Waals surface area contributed by atoms with Crippen LogP contribution in [0.2, 0.25) is 0 Å². The van der Waals surface area contributed by atoms with Crippen LogP contribution in [0.25, 0.3) is 0 Å². The highest BCUT2D eigenvalue weighted by atomic mass is 32.2. The van der Waals surface area contributed by atoms with Gasteiger partial charge in [0.1, 0.15) is 0 Å². The first-order chi connectivity index (χ1) is 6.84. The highest BCUT2D eigenvalue weighted by Gasteiger charge is 2.16. The fourth-order valence-corrected chi connectivity index (χ4v) is 1.54. The molecule has 0 amide bonds. The molecule has 0 aliphatic rings. The second kappa shape index (κ2) is 3.93. The van der Waals surface area contributed by atoms with Crippen molar-refractivity contribution in [3.8, 4) is 0 Å². The summed E-state index contributed by atoms with van der Waals surface area (Å²) in [5, 5.41) is 8.42. The second-order valence-corrected chi connectivity index (χ2v) is 4.91. The Labute approximate surface area is 86.9 Å². The van der Waals surface area contributed by atoms with Gasteiger partial charge >= 0.3 is 5.97 Å². The van der Waals surface area contributed by atoms with Gasteiger partial charge in [-0.15, -0.1) is 0 Å². The van der Waals surface area contributed by atoms with Crippen molar-refractivity contribution < 1.29 is 18.3 Å². The molecule has 82 valence electrons. The molecule has 0 radical (unpaired) electrons. The molecule has 0 atom stereocenters. The predicted octanol–water partition coefficient (Wildman–Crippen LogP) is 0.141. The van der Waals surface area contributed by atoms with Crippen molar-refractivity contribution in [2.24, 2.45) is 0 Å². The van der Waals surface area contributed by atoms with Gasteiger partial charge in [0.15, 0.2) is 14.9 Å².